The van der Waals surface area contributed by atoms with Crippen LogP contribution in [0.5, 0.6) is 0 Å². The van der Waals surface area contributed by atoms with Gasteiger partial charge in [0.05, 0.1) is 11.4 Å². The van der Waals surface area contributed by atoms with Crippen LogP contribution in [-0.4, -0.2) is 39.3 Å². The molecule has 0 aliphatic heterocycles. The van der Waals surface area contributed by atoms with E-state index in [1.165, 1.54) is 32.3 Å². The van der Waals surface area contributed by atoms with Crippen LogP contribution in [0, 0.1) is 6.92 Å². The lowest BCUT2D eigenvalue weighted by Gasteiger charge is -2.16. The van der Waals surface area contributed by atoms with Crippen LogP contribution in [0.1, 0.15) is 5.56 Å². The minimum absolute atomic E-state index is 0.126. The zero-order valence-electron chi connectivity index (χ0n) is 10.6. The maximum Gasteiger partial charge on any atom is 0.243 e. The number of carbonyl (C=O) groups is 1. The first kappa shape index (κ1) is 14.5. The zero-order chi connectivity index (χ0) is 13.9. The highest BCUT2D eigenvalue weighted by Crippen LogP contribution is 2.19. The molecule has 0 spiro atoms. The number of nitrogens with one attached hydrogen (secondary N) is 1. The standard InChI is InChI=1S/C11H17N3O3S/c1-8-6-9(4-5-10(8)12)18(16,17)14(3)7-11(15)13-2/h4-6H,7,12H2,1-3H3,(H,13,15). The van der Waals surface area contributed by atoms with Gasteiger partial charge < -0.3 is 11.1 Å². The fourth-order valence-electron chi connectivity index (χ4n) is 1.35. The van der Waals surface area contributed by atoms with E-state index in [0.29, 0.717) is 11.3 Å². The van der Waals surface area contributed by atoms with Crippen LogP contribution in [-0.2, 0) is 14.8 Å². The molecule has 18 heavy (non-hydrogen) atoms. The first-order valence-corrected chi connectivity index (χ1v) is 6.76. The normalized spacial score (nSPS) is 11.6. The van der Waals surface area contributed by atoms with Crippen molar-refractivity contribution in [1.29, 1.82) is 0 Å². The summed E-state index contributed by atoms with van der Waals surface area (Å²) in [5.41, 5.74) is 6.85. The molecule has 0 fully saturated rings. The van der Waals surface area contributed by atoms with E-state index in [1.807, 2.05) is 0 Å². The van der Waals surface area contributed by atoms with Crippen LogP contribution in [0.25, 0.3) is 0 Å². The Bertz CT molecular complexity index is 555. The van der Waals surface area contributed by atoms with Gasteiger partial charge in [0.2, 0.25) is 15.9 Å². The van der Waals surface area contributed by atoms with Crippen LogP contribution in [0.15, 0.2) is 23.1 Å². The highest BCUT2D eigenvalue weighted by Gasteiger charge is 2.22. The monoisotopic (exact) mass is 271 g/mol. The van der Waals surface area contributed by atoms with Gasteiger partial charge in [0.15, 0.2) is 0 Å². The van der Waals surface area contributed by atoms with Crippen molar-refractivity contribution in [1.82, 2.24) is 9.62 Å². The Hall–Kier alpha value is -1.60. The Kier molecular flexibility index (Phi) is 4.31. The molecular formula is C11H17N3O3S. The quantitative estimate of drug-likeness (QED) is 0.751. The molecule has 3 N–H and O–H groups in total. The lowest BCUT2D eigenvalue weighted by molar-refractivity contribution is -0.120. The van der Waals surface area contributed by atoms with E-state index in [-0.39, 0.29) is 17.3 Å². The SMILES string of the molecule is CNC(=O)CN(C)S(=O)(=O)c1ccc(N)c(C)c1. The summed E-state index contributed by atoms with van der Waals surface area (Å²) in [7, 11) is -0.855. The van der Waals surface area contributed by atoms with E-state index < -0.39 is 10.0 Å². The fourth-order valence-corrected chi connectivity index (χ4v) is 2.57. The number of hydrogen-bond acceptors (Lipinski definition) is 4. The summed E-state index contributed by atoms with van der Waals surface area (Å²) in [4.78, 5) is 11.3. The highest BCUT2D eigenvalue weighted by atomic mass is 32.2. The number of aryl methyl sites for hydroxylation is 1. The van der Waals surface area contributed by atoms with Crippen LogP contribution >= 0.6 is 0 Å². The number of nitrogen functional groups attached to an aromatic ring is 1. The van der Waals surface area contributed by atoms with Gasteiger partial charge in [0.25, 0.3) is 0 Å². The first-order chi connectivity index (χ1) is 8.28. The summed E-state index contributed by atoms with van der Waals surface area (Å²) in [6, 6.07) is 4.46. The van der Waals surface area contributed by atoms with Crippen LogP contribution < -0.4 is 11.1 Å². The second-order valence-electron chi connectivity index (χ2n) is 3.95. The van der Waals surface area contributed by atoms with Gasteiger partial charge in [0.1, 0.15) is 0 Å². The molecule has 0 aromatic heterocycles. The minimum atomic E-state index is -3.67. The molecular weight excluding hydrogens is 254 g/mol. The average molecular weight is 271 g/mol. The number of benzene rings is 1. The fraction of sp³-hybridized carbons (Fsp3) is 0.364. The Morgan fingerprint density at radius 1 is 1.44 bits per heavy atom. The van der Waals surface area contributed by atoms with Crippen molar-refractivity contribution < 1.29 is 13.2 Å². The minimum Gasteiger partial charge on any atom is -0.399 e. The van der Waals surface area contributed by atoms with E-state index in [9.17, 15) is 13.2 Å². The molecule has 1 rings (SSSR count). The van der Waals surface area contributed by atoms with Crippen molar-refractivity contribution in [3.05, 3.63) is 23.8 Å². The third-order valence-corrected chi connectivity index (χ3v) is 4.39. The topological polar surface area (TPSA) is 92.5 Å². The third-order valence-electron chi connectivity index (χ3n) is 2.59. The van der Waals surface area contributed by atoms with Gasteiger partial charge in [0, 0.05) is 19.8 Å². The number of amides is 1. The molecule has 100 valence electrons. The summed E-state index contributed by atoms with van der Waals surface area (Å²) >= 11 is 0. The number of carbonyl (C=O) groups excluding carboxylic acids is 1. The molecule has 0 radical (unpaired) electrons. The van der Waals surface area contributed by atoms with Crippen LogP contribution in [0.2, 0.25) is 0 Å². The van der Waals surface area contributed by atoms with E-state index in [2.05, 4.69) is 5.32 Å². The van der Waals surface area contributed by atoms with Crippen LogP contribution in [0.4, 0.5) is 5.69 Å². The molecule has 1 aromatic rings. The second-order valence-corrected chi connectivity index (χ2v) is 6.00. The molecule has 0 heterocycles. The predicted octanol–water partition coefficient (Wildman–Crippen LogP) is -0.0563. The summed E-state index contributed by atoms with van der Waals surface area (Å²) in [6.07, 6.45) is 0. The molecule has 0 bridgehead atoms. The van der Waals surface area contributed by atoms with Crippen molar-refractivity contribution >= 4 is 21.6 Å². The number of nitrogens with zero attached hydrogens (tertiary/aromatic N) is 1. The Morgan fingerprint density at radius 2 is 2.06 bits per heavy atom. The maximum absolute atomic E-state index is 12.2. The molecule has 0 aliphatic rings. The molecule has 1 aromatic carbocycles. The molecule has 6 nitrogen and oxygen atoms in total. The van der Waals surface area contributed by atoms with Gasteiger partial charge in [-0.15, -0.1) is 0 Å². The third kappa shape index (κ3) is 2.99. The van der Waals surface area contributed by atoms with E-state index >= 15 is 0 Å². The lowest BCUT2D eigenvalue weighted by Crippen LogP contribution is -2.36. The Morgan fingerprint density at radius 3 is 2.56 bits per heavy atom. The molecule has 7 heteroatoms. The Balaban J connectivity index is 3.05. The summed E-state index contributed by atoms with van der Waals surface area (Å²) in [5, 5.41) is 2.37. The molecule has 0 saturated carbocycles. The summed E-state index contributed by atoms with van der Waals surface area (Å²) in [5.74, 6) is -0.367. The molecule has 0 aliphatic carbocycles. The number of anilines is 1. The van der Waals surface area contributed by atoms with Crippen molar-refractivity contribution in [2.45, 2.75) is 11.8 Å². The van der Waals surface area contributed by atoms with Crippen LogP contribution in [0.3, 0.4) is 0 Å². The van der Waals surface area contributed by atoms with E-state index in [4.69, 9.17) is 5.73 Å². The van der Waals surface area contributed by atoms with Gasteiger partial charge in [-0.1, -0.05) is 0 Å². The van der Waals surface area contributed by atoms with Crippen molar-refractivity contribution in [2.75, 3.05) is 26.4 Å². The van der Waals surface area contributed by atoms with Gasteiger partial charge >= 0.3 is 0 Å². The maximum atomic E-state index is 12.2. The predicted molar refractivity (Wildman–Crippen MR) is 69.5 cm³/mol. The molecule has 1 amide bonds. The number of rotatable bonds is 4. The number of hydrogen-bond donors (Lipinski definition) is 2. The molecule has 0 atom stereocenters. The van der Waals surface area contributed by atoms with Gasteiger partial charge in [-0.3, -0.25) is 4.79 Å². The van der Waals surface area contributed by atoms with Gasteiger partial charge in [-0.05, 0) is 30.7 Å². The lowest BCUT2D eigenvalue weighted by atomic mass is 10.2. The number of likely N-dealkylation sites (N-methyl/N-ethyl adjacent to an activating group) is 2. The summed E-state index contributed by atoms with van der Waals surface area (Å²) < 4.78 is 25.3. The smallest absolute Gasteiger partial charge is 0.243 e. The zero-order valence-corrected chi connectivity index (χ0v) is 11.4. The molecule has 0 unspecified atom stereocenters. The number of nitrogens with two attached hydrogens (primary N) is 1. The van der Waals surface area contributed by atoms with Gasteiger partial charge in [-0.25, -0.2) is 8.42 Å². The van der Waals surface area contributed by atoms with Crippen molar-refractivity contribution in [2.24, 2.45) is 0 Å². The van der Waals surface area contributed by atoms with E-state index in [0.717, 1.165) is 4.31 Å². The van der Waals surface area contributed by atoms with Gasteiger partial charge in [-0.2, -0.15) is 4.31 Å². The average Bonchev–Trinajstić information content (AvgIpc) is 2.32. The van der Waals surface area contributed by atoms with Crippen molar-refractivity contribution in [3.63, 3.8) is 0 Å². The summed E-state index contributed by atoms with van der Waals surface area (Å²) in [6.45, 7) is 1.51. The largest absolute Gasteiger partial charge is 0.399 e. The second kappa shape index (κ2) is 5.36. The van der Waals surface area contributed by atoms with Crippen molar-refractivity contribution in [3.8, 4) is 0 Å². The number of sulfonamides is 1. The van der Waals surface area contributed by atoms with E-state index in [1.54, 1.807) is 6.92 Å². The highest BCUT2D eigenvalue weighted by molar-refractivity contribution is 7.89. The first-order valence-electron chi connectivity index (χ1n) is 5.32. The molecule has 0 saturated heterocycles. The Labute approximate surface area is 107 Å².